The Balaban J connectivity index is 2.12. The number of anilines is 1. The van der Waals surface area contributed by atoms with Crippen molar-refractivity contribution >= 4 is 21.6 Å². The second kappa shape index (κ2) is 4.59. The summed E-state index contributed by atoms with van der Waals surface area (Å²) in [7, 11) is 0. The highest BCUT2D eigenvalue weighted by Crippen LogP contribution is 2.43. The van der Waals surface area contributed by atoms with Crippen LogP contribution in [0.25, 0.3) is 11.4 Å². The molecule has 19 heavy (non-hydrogen) atoms. The zero-order valence-electron chi connectivity index (χ0n) is 10.8. The molecule has 1 fully saturated rings. The largest absolute Gasteiger partial charge is 0.399 e. The van der Waals surface area contributed by atoms with Crippen LogP contribution < -0.4 is 5.73 Å². The Hall–Kier alpha value is -1.43. The van der Waals surface area contributed by atoms with E-state index in [2.05, 4.69) is 38.4 Å². The Bertz CT molecular complexity index is 597. The molecule has 0 radical (unpaired) electrons. The van der Waals surface area contributed by atoms with Crippen LogP contribution in [0.4, 0.5) is 5.69 Å². The average Bonchev–Trinajstić information content (AvgIpc) is 2.81. The quantitative estimate of drug-likeness (QED) is 0.882. The minimum absolute atomic E-state index is 0.0862. The number of nitrogens with two attached hydrogens (primary N) is 1. The molecule has 0 bridgehead atoms. The fraction of sp³-hybridized carbons (Fsp3) is 0.462. The van der Waals surface area contributed by atoms with E-state index < -0.39 is 0 Å². The number of hydrogen-bond acceptors (Lipinski definition) is 4. The lowest BCUT2D eigenvalue weighted by Gasteiger charge is -2.41. The van der Waals surface area contributed by atoms with Gasteiger partial charge in [0.25, 0.3) is 0 Å². The number of nitrogens with zero attached hydrogens (tertiary/aromatic N) is 4. The molecule has 2 aromatic rings. The lowest BCUT2D eigenvalue weighted by Crippen LogP contribution is -2.41. The summed E-state index contributed by atoms with van der Waals surface area (Å²) in [6.07, 6.45) is 4.57. The summed E-state index contributed by atoms with van der Waals surface area (Å²) in [5.41, 5.74) is 7.62. The van der Waals surface area contributed by atoms with Crippen molar-refractivity contribution in [2.45, 2.75) is 38.1 Å². The number of hydrogen-bond donors (Lipinski definition) is 1. The van der Waals surface area contributed by atoms with Crippen molar-refractivity contribution in [3.8, 4) is 11.4 Å². The number of tetrazole rings is 1. The smallest absolute Gasteiger partial charge is 0.183 e. The minimum Gasteiger partial charge on any atom is -0.399 e. The molecule has 1 saturated carbocycles. The molecule has 0 unspecified atom stereocenters. The Morgan fingerprint density at radius 1 is 1.42 bits per heavy atom. The highest BCUT2D eigenvalue weighted by molar-refractivity contribution is 9.10. The first-order valence-electron chi connectivity index (χ1n) is 6.50. The van der Waals surface area contributed by atoms with Crippen molar-refractivity contribution in [3.05, 3.63) is 22.7 Å². The van der Waals surface area contributed by atoms with Gasteiger partial charge in [-0.2, -0.15) is 0 Å². The van der Waals surface area contributed by atoms with E-state index in [0.29, 0.717) is 5.69 Å². The van der Waals surface area contributed by atoms with Crippen molar-refractivity contribution in [3.63, 3.8) is 0 Å². The Morgan fingerprint density at radius 3 is 2.84 bits per heavy atom. The van der Waals surface area contributed by atoms with Crippen LogP contribution in [0.2, 0.25) is 0 Å². The van der Waals surface area contributed by atoms with Crippen LogP contribution in [0.5, 0.6) is 0 Å². The van der Waals surface area contributed by atoms with E-state index in [4.69, 9.17) is 5.73 Å². The average molecular weight is 322 g/mol. The van der Waals surface area contributed by atoms with Crippen molar-refractivity contribution < 1.29 is 0 Å². The van der Waals surface area contributed by atoms with E-state index in [0.717, 1.165) is 35.1 Å². The molecule has 0 amide bonds. The zero-order valence-corrected chi connectivity index (χ0v) is 12.4. The van der Waals surface area contributed by atoms with E-state index in [-0.39, 0.29) is 5.54 Å². The summed E-state index contributed by atoms with van der Waals surface area (Å²) in [6, 6.07) is 5.71. The number of benzene rings is 1. The van der Waals surface area contributed by atoms with E-state index in [1.807, 2.05) is 22.9 Å². The maximum absolute atomic E-state index is 5.87. The molecule has 100 valence electrons. The van der Waals surface area contributed by atoms with Gasteiger partial charge in [-0.15, -0.1) is 5.10 Å². The van der Waals surface area contributed by atoms with Crippen molar-refractivity contribution in [2.75, 3.05) is 5.73 Å². The predicted molar refractivity (Wildman–Crippen MR) is 77.5 cm³/mol. The van der Waals surface area contributed by atoms with Gasteiger partial charge in [0.2, 0.25) is 0 Å². The maximum atomic E-state index is 5.87. The van der Waals surface area contributed by atoms with E-state index in [9.17, 15) is 0 Å². The van der Waals surface area contributed by atoms with Gasteiger partial charge in [0.1, 0.15) is 0 Å². The summed E-state index contributed by atoms with van der Waals surface area (Å²) in [5.74, 6) is 0.792. The first-order chi connectivity index (χ1) is 9.16. The Morgan fingerprint density at radius 2 is 2.21 bits per heavy atom. The molecule has 1 heterocycles. The number of rotatable bonds is 3. The molecule has 0 spiro atoms. The summed E-state index contributed by atoms with van der Waals surface area (Å²) >= 11 is 3.55. The van der Waals surface area contributed by atoms with E-state index in [1.165, 1.54) is 6.42 Å². The monoisotopic (exact) mass is 321 g/mol. The first-order valence-corrected chi connectivity index (χ1v) is 7.30. The maximum Gasteiger partial charge on any atom is 0.183 e. The van der Waals surface area contributed by atoms with Gasteiger partial charge in [0.15, 0.2) is 5.82 Å². The van der Waals surface area contributed by atoms with Gasteiger partial charge in [0, 0.05) is 15.7 Å². The number of aromatic nitrogens is 4. The zero-order chi connectivity index (χ0) is 13.5. The predicted octanol–water partition coefficient (Wildman–Crippen LogP) is 2.97. The van der Waals surface area contributed by atoms with Gasteiger partial charge in [-0.3, -0.25) is 0 Å². The highest BCUT2D eigenvalue weighted by atomic mass is 79.9. The van der Waals surface area contributed by atoms with Gasteiger partial charge in [0.05, 0.1) is 5.54 Å². The lowest BCUT2D eigenvalue weighted by atomic mass is 9.75. The molecule has 1 aliphatic carbocycles. The van der Waals surface area contributed by atoms with Crippen molar-refractivity contribution in [1.82, 2.24) is 20.2 Å². The van der Waals surface area contributed by atoms with Crippen LogP contribution in [0.15, 0.2) is 22.7 Å². The molecule has 6 heteroatoms. The molecule has 5 nitrogen and oxygen atoms in total. The second-order valence-electron chi connectivity index (χ2n) is 5.09. The molecule has 2 N–H and O–H groups in total. The summed E-state index contributed by atoms with van der Waals surface area (Å²) in [6.45, 7) is 2.19. The third-order valence-corrected chi connectivity index (χ3v) is 4.78. The summed E-state index contributed by atoms with van der Waals surface area (Å²) in [5, 5.41) is 12.3. The van der Waals surface area contributed by atoms with Gasteiger partial charge in [-0.25, -0.2) is 4.68 Å². The van der Waals surface area contributed by atoms with Gasteiger partial charge in [-0.1, -0.05) is 22.9 Å². The van der Waals surface area contributed by atoms with Gasteiger partial charge >= 0.3 is 0 Å². The van der Waals surface area contributed by atoms with E-state index in [1.54, 1.807) is 0 Å². The summed E-state index contributed by atoms with van der Waals surface area (Å²) in [4.78, 5) is 0. The van der Waals surface area contributed by atoms with Crippen molar-refractivity contribution in [1.29, 1.82) is 0 Å². The van der Waals surface area contributed by atoms with Crippen LogP contribution >= 0.6 is 15.9 Å². The fourth-order valence-corrected chi connectivity index (χ4v) is 3.11. The van der Waals surface area contributed by atoms with Crippen LogP contribution in [-0.4, -0.2) is 20.2 Å². The number of halogens is 1. The highest BCUT2D eigenvalue weighted by Gasteiger charge is 2.40. The van der Waals surface area contributed by atoms with Crippen LogP contribution in [-0.2, 0) is 5.54 Å². The van der Waals surface area contributed by atoms with Gasteiger partial charge in [-0.05, 0) is 54.3 Å². The molecular weight excluding hydrogens is 306 g/mol. The van der Waals surface area contributed by atoms with Crippen LogP contribution in [0.1, 0.15) is 32.6 Å². The standard InChI is InChI=1S/C13H16BrN5/c1-2-13(6-3-7-13)19-12(16-17-18-19)10-8-9(15)4-5-11(10)14/h4-5,8H,2-3,6-7,15H2,1H3. The SMILES string of the molecule is CCC1(n2nnnc2-c2cc(N)ccc2Br)CCC1. The minimum atomic E-state index is 0.0862. The molecule has 1 aromatic heterocycles. The Labute approximate surface area is 120 Å². The van der Waals surface area contributed by atoms with Gasteiger partial charge < -0.3 is 5.73 Å². The molecular formula is C13H16BrN5. The van der Waals surface area contributed by atoms with Crippen LogP contribution in [0, 0.1) is 0 Å². The first kappa shape index (κ1) is 12.6. The summed E-state index contributed by atoms with van der Waals surface area (Å²) < 4.78 is 2.94. The third-order valence-electron chi connectivity index (χ3n) is 4.09. The number of nitrogen functional groups attached to an aromatic ring is 1. The third kappa shape index (κ3) is 1.94. The fourth-order valence-electron chi connectivity index (χ4n) is 2.69. The molecule has 1 aromatic carbocycles. The molecule has 0 atom stereocenters. The lowest BCUT2D eigenvalue weighted by molar-refractivity contribution is 0.118. The Kier molecular flexibility index (Phi) is 3.05. The normalized spacial score (nSPS) is 17.2. The molecule has 0 aliphatic heterocycles. The van der Waals surface area contributed by atoms with E-state index >= 15 is 0 Å². The van der Waals surface area contributed by atoms with Crippen LogP contribution in [0.3, 0.4) is 0 Å². The molecule has 3 rings (SSSR count). The molecule has 0 saturated heterocycles. The molecule has 1 aliphatic rings. The topological polar surface area (TPSA) is 69.6 Å². The second-order valence-corrected chi connectivity index (χ2v) is 5.94. The van der Waals surface area contributed by atoms with Crippen molar-refractivity contribution in [2.24, 2.45) is 0 Å².